The Bertz CT molecular complexity index is 632. The highest BCUT2D eigenvalue weighted by Crippen LogP contribution is 2.16. The van der Waals surface area contributed by atoms with Crippen molar-refractivity contribution < 1.29 is 4.79 Å². The molecule has 4 heteroatoms. The molecule has 17 heavy (non-hydrogen) atoms. The first-order valence-corrected chi connectivity index (χ1v) is 5.44. The maximum Gasteiger partial charge on any atom is 0.192 e. The van der Waals surface area contributed by atoms with Crippen LogP contribution in [-0.4, -0.2) is 10.9 Å². The van der Waals surface area contributed by atoms with Crippen molar-refractivity contribution in [2.24, 2.45) is 0 Å². The van der Waals surface area contributed by atoms with Crippen LogP contribution in [0.5, 0.6) is 0 Å². The number of aldehydes is 1. The lowest BCUT2D eigenvalue weighted by atomic mass is 10.2. The molecule has 1 aromatic carbocycles. The summed E-state index contributed by atoms with van der Waals surface area (Å²) in [5.41, 5.74) is 1.44. The maximum atomic E-state index is 11.5. The highest BCUT2D eigenvalue weighted by atomic mass is 35.5. The minimum atomic E-state index is -0.268. The SMILES string of the molecule is Cc1cc(=O)c(C=O)cn1-c1cccc(Cl)c1. The van der Waals surface area contributed by atoms with Crippen molar-refractivity contribution in [2.45, 2.75) is 6.92 Å². The Morgan fingerprint density at radius 2 is 2.06 bits per heavy atom. The number of benzene rings is 1. The first-order valence-electron chi connectivity index (χ1n) is 5.06. The molecular formula is C13H10ClNO2. The van der Waals surface area contributed by atoms with Gasteiger partial charge in [-0.2, -0.15) is 0 Å². The van der Waals surface area contributed by atoms with Gasteiger partial charge >= 0.3 is 0 Å². The summed E-state index contributed by atoms with van der Waals surface area (Å²) in [4.78, 5) is 22.2. The number of carbonyl (C=O) groups excluding carboxylic acids is 1. The third kappa shape index (κ3) is 2.29. The van der Waals surface area contributed by atoms with E-state index >= 15 is 0 Å². The summed E-state index contributed by atoms with van der Waals surface area (Å²) >= 11 is 5.91. The van der Waals surface area contributed by atoms with E-state index in [9.17, 15) is 9.59 Å². The predicted molar refractivity (Wildman–Crippen MR) is 67.2 cm³/mol. The Morgan fingerprint density at radius 1 is 1.29 bits per heavy atom. The molecule has 0 radical (unpaired) electrons. The van der Waals surface area contributed by atoms with Gasteiger partial charge in [0.2, 0.25) is 0 Å². The van der Waals surface area contributed by atoms with Gasteiger partial charge in [-0.1, -0.05) is 17.7 Å². The van der Waals surface area contributed by atoms with Crippen LogP contribution in [0.3, 0.4) is 0 Å². The topological polar surface area (TPSA) is 39.1 Å². The lowest BCUT2D eigenvalue weighted by Crippen LogP contribution is -2.13. The minimum absolute atomic E-state index is 0.135. The van der Waals surface area contributed by atoms with E-state index in [0.717, 1.165) is 11.4 Å². The Morgan fingerprint density at radius 3 is 2.71 bits per heavy atom. The molecule has 0 atom stereocenters. The van der Waals surface area contributed by atoms with Crippen molar-refractivity contribution in [3.63, 3.8) is 0 Å². The van der Waals surface area contributed by atoms with Gasteiger partial charge in [-0.15, -0.1) is 0 Å². The summed E-state index contributed by atoms with van der Waals surface area (Å²) < 4.78 is 1.76. The smallest absolute Gasteiger partial charge is 0.192 e. The van der Waals surface area contributed by atoms with Gasteiger partial charge in [0.1, 0.15) is 0 Å². The summed E-state index contributed by atoms with van der Waals surface area (Å²) in [7, 11) is 0. The number of rotatable bonds is 2. The third-order valence-corrected chi connectivity index (χ3v) is 2.72. The Kier molecular flexibility index (Phi) is 3.11. The van der Waals surface area contributed by atoms with Crippen molar-refractivity contribution in [1.82, 2.24) is 4.57 Å². The first kappa shape index (κ1) is 11.6. The molecule has 0 aliphatic heterocycles. The molecule has 0 saturated carbocycles. The number of carbonyl (C=O) groups is 1. The predicted octanol–water partition coefficient (Wildman–Crippen LogP) is 2.61. The van der Waals surface area contributed by atoms with E-state index in [4.69, 9.17) is 11.6 Å². The fourth-order valence-corrected chi connectivity index (χ4v) is 1.82. The Labute approximate surface area is 103 Å². The van der Waals surface area contributed by atoms with E-state index in [-0.39, 0.29) is 11.0 Å². The molecule has 0 unspecified atom stereocenters. The van der Waals surface area contributed by atoms with E-state index in [2.05, 4.69) is 0 Å². The van der Waals surface area contributed by atoms with Gasteiger partial charge in [-0.25, -0.2) is 0 Å². The summed E-state index contributed by atoms with van der Waals surface area (Å²) in [5, 5.41) is 0.605. The van der Waals surface area contributed by atoms with Crippen molar-refractivity contribution >= 4 is 17.9 Å². The standard InChI is InChI=1S/C13H10ClNO2/c1-9-5-13(17)10(8-16)7-15(9)12-4-2-3-11(14)6-12/h2-8H,1H3. The maximum absolute atomic E-state index is 11.5. The fourth-order valence-electron chi connectivity index (χ4n) is 1.64. The van der Waals surface area contributed by atoms with E-state index in [0.29, 0.717) is 11.3 Å². The van der Waals surface area contributed by atoms with Crippen molar-refractivity contribution in [3.8, 4) is 5.69 Å². The van der Waals surface area contributed by atoms with Crippen LogP contribution in [0.15, 0.2) is 41.3 Å². The minimum Gasteiger partial charge on any atom is -0.320 e. The highest BCUT2D eigenvalue weighted by Gasteiger charge is 2.04. The lowest BCUT2D eigenvalue weighted by molar-refractivity contribution is 0.112. The lowest BCUT2D eigenvalue weighted by Gasteiger charge is -2.11. The Balaban J connectivity index is 2.67. The number of pyridine rings is 1. The average molecular weight is 248 g/mol. The zero-order valence-corrected chi connectivity index (χ0v) is 9.94. The van der Waals surface area contributed by atoms with Crippen LogP contribution in [0.2, 0.25) is 5.02 Å². The van der Waals surface area contributed by atoms with Crippen LogP contribution in [0.1, 0.15) is 16.1 Å². The molecule has 2 rings (SSSR count). The van der Waals surface area contributed by atoms with Crippen LogP contribution >= 0.6 is 11.6 Å². The second-order valence-electron chi connectivity index (χ2n) is 3.70. The third-order valence-electron chi connectivity index (χ3n) is 2.49. The molecule has 0 aliphatic carbocycles. The first-order chi connectivity index (χ1) is 8.11. The van der Waals surface area contributed by atoms with Crippen LogP contribution in [0.25, 0.3) is 5.69 Å². The molecule has 2 aromatic rings. The number of aryl methyl sites for hydroxylation is 1. The number of halogens is 1. The summed E-state index contributed by atoms with van der Waals surface area (Å²) in [6, 6.07) is 8.65. The van der Waals surface area contributed by atoms with Crippen molar-refractivity contribution in [2.75, 3.05) is 0 Å². The normalized spacial score (nSPS) is 10.2. The van der Waals surface area contributed by atoms with Gasteiger partial charge in [-0.05, 0) is 25.1 Å². The second kappa shape index (κ2) is 4.55. The summed E-state index contributed by atoms with van der Waals surface area (Å²) in [6.45, 7) is 1.80. The number of nitrogens with zero attached hydrogens (tertiary/aromatic N) is 1. The fraction of sp³-hybridized carbons (Fsp3) is 0.0769. The Hall–Kier alpha value is -1.87. The molecule has 1 aromatic heterocycles. The van der Waals surface area contributed by atoms with Gasteiger partial charge in [0, 0.05) is 28.7 Å². The molecule has 3 nitrogen and oxygen atoms in total. The number of aromatic nitrogens is 1. The van der Waals surface area contributed by atoms with Gasteiger partial charge in [0.25, 0.3) is 0 Å². The molecule has 0 fully saturated rings. The molecule has 0 saturated heterocycles. The van der Waals surface area contributed by atoms with Crippen LogP contribution in [0.4, 0.5) is 0 Å². The van der Waals surface area contributed by atoms with Gasteiger partial charge in [0.05, 0.1) is 5.56 Å². The molecule has 0 N–H and O–H groups in total. The number of hydrogen-bond acceptors (Lipinski definition) is 2. The molecule has 0 bridgehead atoms. The molecule has 0 aliphatic rings. The van der Waals surface area contributed by atoms with Crippen LogP contribution in [-0.2, 0) is 0 Å². The van der Waals surface area contributed by atoms with E-state index in [1.54, 1.807) is 23.6 Å². The highest BCUT2D eigenvalue weighted by molar-refractivity contribution is 6.30. The zero-order valence-electron chi connectivity index (χ0n) is 9.18. The second-order valence-corrected chi connectivity index (χ2v) is 4.14. The van der Waals surface area contributed by atoms with Crippen LogP contribution in [0, 0.1) is 6.92 Å². The summed E-state index contributed by atoms with van der Waals surface area (Å²) in [6.07, 6.45) is 2.08. The van der Waals surface area contributed by atoms with Crippen molar-refractivity contribution in [3.05, 3.63) is 63.0 Å². The van der Waals surface area contributed by atoms with Gasteiger partial charge in [0.15, 0.2) is 11.7 Å². The molecule has 1 heterocycles. The quantitative estimate of drug-likeness (QED) is 0.766. The average Bonchev–Trinajstić information content (AvgIpc) is 2.29. The largest absolute Gasteiger partial charge is 0.320 e. The van der Waals surface area contributed by atoms with Crippen LogP contribution < -0.4 is 5.43 Å². The van der Waals surface area contributed by atoms with E-state index in [1.807, 2.05) is 12.1 Å². The zero-order chi connectivity index (χ0) is 12.4. The van der Waals surface area contributed by atoms with E-state index < -0.39 is 0 Å². The monoisotopic (exact) mass is 247 g/mol. The number of hydrogen-bond donors (Lipinski definition) is 0. The summed E-state index contributed by atoms with van der Waals surface area (Å²) in [5.74, 6) is 0. The molecule has 0 amide bonds. The van der Waals surface area contributed by atoms with Gasteiger partial charge in [-0.3, -0.25) is 9.59 Å². The van der Waals surface area contributed by atoms with Gasteiger partial charge < -0.3 is 4.57 Å². The van der Waals surface area contributed by atoms with Crippen molar-refractivity contribution in [1.29, 1.82) is 0 Å². The molecule has 86 valence electrons. The molecular weight excluding hydrogens is 238 g/mol. The molecule has 0 spiro atoms. The van der Waals surface area contributed by atoms with E-state index in [1.165, 1.54) is 12.3 Å².